The highest BCUT2D eigenvalue weighted by molar-refractivity contribution is 5.84. The molecule has 1 aromatic rings. The minimum Gasteiger partial charge on any atom is -0.321 e. The Morgan fingerprint density at radius 1 is 1.36 bits per heavy atom. The van der Waals surface area contributed by atoms with Crippen molar-refractivity contribution >= 4 is 5.78 Å². The van der Waals surface area contributed by atoms with E-state index in [9.17, 15) is 4.79 Å². The van der Waals surface area contributed by atoms with Crippen molar-refractivity contribution in [2.45, 2.75) is 32.2 Å². The Labute approximate surface area is 85.1 Å². The zero-order valence-electron chi connectivity index (χ0n) is 8.73. The van der Waals surface area contributed by atoms with E-state index in [2.05, 4.69) is 0 Å². The minimum absolute atomic E-state index is 0.101. The standard InChI is InChI=1S/C12H17NO/c1-3-11(14)12(13)9(2)10-7-5-4-6-8-10/h4-9,12H,3,13H2,1-2H3/t9-,12?/m1/s1. The first-order valence-electron chi connectivity index (χ1n) is 5.00. The second-order valence-electron chi connectivity index (χ2n) is 3.55. The predicted octanol–water partition coefficient (Wildman–Crippen LogP) is 2.10. The van der Waals surface area contributed by atoms with Crippen LogP contribution in [0.5, 0.6) is 0 Å². The van der Waals surface area contributed by atoms with Crippen LogP contribution in [0.1, 0.15) is 31.7 Å². The Balaban J connectivity index is 2.75. The zero-order chi connectivity index (χ0) is 10.6. The molecule has 2 heteroatoms. The first-order valence-corrected chi connectivity index (χ1v) is 5.00. The molecular formula is C12H17NO. The Kier molecular flexibility index (Phi) is 3.84. The van der Waals surface area contributed by atoms with Crippen molar-refractivity contribution in [3.05, 3.63) is 35.9 Å². The molecule has 0 aromatic heterocycles. The van der Waals surface area contributed by atoms with Gasteiger partial charge in [0.05, 0.1) is 6.04 Å². The smallest absolute Gasteiger partial charge is 0.149 e. The van der Waals surface area contributed by atoms with Gasteiger partial charge in [-0.3, -0.25) is 4.79 Å². The molecule has 0 fully saturated rings. The first-order chi connectivity index (χ1) is 6.66. The van der Waals surface area contributed by atoms with Crippen molar-refractivity contribution in [3.63, 3.8) is 0 Å². The maximum Gasteiger partial charge on any atom is 0.149 e. The Bertz CT molecular complexity index is 294. The summed E-state index contributed by atoms with van der Waals surface area (Å²) in [6.45, 7) is 3.84. The molecule has 1 unspecified atom stereocenters. The maximum absolute atomic E-state index is 11.4. The highest BCUT2D eigenvalue weighted by Gasteiger charge is 2.19. The van der Waals surface area contributed by atoms with E-state index in [1.165, 1.54) is 0 Å². The van der Waals surface area contributed by atoms with E-state index in [4.69, 9.17) is 5.73 Å². The molecule has 0 saturated heterocycles. The molecule has 76 valence electrons. The summed E-state index contributed by atoms with van der Waals surface area (Å²) in [5.41, 5.74) is 6.98. The van der Waals surface area contributed by atoms with Crippen LogP contribution in [-0.2, 0) is 4.79 Å². The van der Waals surface area contributed by atoms with Gasteiger partial charge in [0.25, 0.3) is 0 Å². The fourth-order valence-electron chi connectivity index (χ4n) is 1.48. The molecule has 0 aliphatic carbocycles. The lowest BCUT2D eigenvalue weighted by Gasteiger charge is -2.18. The molecule has 1 rings (SSSR count). The van der Waals surface area contributed by atoms with Gasteiger partial charge < -0.3 is 5.73 Å². The lowest BCUT2D eigenvalue weighted by molar-refractivity contribution is -0.120. The highest BCUT2D eigenvalue weighted by Crippen LogP contribution is 2.18. The zero-order valence-corrected chi connectivity index (χ0v) is 8.73. The van der Waals surface area contributed by atoms with E-state index < -0.39 is 0 Å². The Hall–Kier alpha value is -1.15. The van der Waals surface area contributed by atoms with Gasteiger partial charge in [0.1, 0.15) is 5.78 Å². The summed E-state index contributed by atoms with van der Waals surface area (Å²) in [5, 5.41) is 0. The van der Waals surface area contributed by atoms with Crippen molar-refractivity contribution in [1.29, 1.82) is 0 Å². The number of ketones is 1. The topological polar surface area (TPSA) is 43.1 Å². The number of carbonyl (C=O) groups excluding carboxylic acids is 1. The van der Waals surface area contributed by atoms with Gasteiger partial charge in [-0.05, 0) is 5.56 Å². The number of Topliss-reactive ketones (excluding diaryl/α,β-unsaturated/α-hetero) is 1. The third-order valence-corrected chi connectivity index (χ3v) is 2.58. The van der Waals surface area contributed by atoms with Crippen LogP contribution in [0.3, 0.4) is 0 Å². The predicted molar refractivity (Wildman–Crippen MR) is 58.1 cm³/mol. The van der Waals surface area contributed by atoms with Gasteiger partial charge in [0.15, 0.2) is 0 Å². The van der Waals surface area contributed by atoms with Crippen LogP contribution in [0.2, 0.25) is 0 Å². The molecule has 0 bridgehead atoms. The molecule has 14 heavy (non-hydrogen) atoms. The molecule has 0 radical (unpaired) electrons. The molecule has 0 saturated carbocycles. The van der Waals surface area contributed by atoms with Crippen molar-refractivity contribution in [2.75, 3.05) is 0 Å². The van der Waals surface area contributed by atoms with Crippen molar-refractivity contribution < 1.29 is 4.79 Å². The molecule has 2 atom stereocenters. The summed E-state index contributed by atoms with van der Waals surface area (Å²) in [7, 11) is 0. The van der Waals surface area contributed by atoms with Gasteiger partial charge in [-0.25, -0.2) is 0 Å². The van der Waals surface area contributed by atoms with E-state index in [1.54, 1.807) is 0 Å². The van der Waals surface area contributed by atoms with Crippen LogP contribution < -0.4 is 5.73 Å². The SMILES string of the molecule is CCC(=O)C(N)[C@H](C)c1ccccc1. The number of nitrogens with two attached hydrogens (primary N) is 1. The molecular weight excluding hydrogens is 174 g/mol. The molecule has 0 amide bonds. The van der Waals surface area contributed by atoms with E-state index in [-0.39, 0.29) is 17.7 Å². The summed E-state index contributed by atoms with van der Waals surface area (Å²) in [6, 6.07) is 9.54. The van der Waals surface area contributed by atoms with E-state index in [0.29, 0.717) is 6.42 Å². The number of carbonyl (C=O) groups is 1. The van der Waals surface area contributed by atoms with Gasteiger partial charge >= 0.3 is 0 Å². The summed E-state index contributed by atoms with van der Waals surface area (Å²) < 4.78 is 0. The Morgan fingerprint density at radius 3 is 2.43 bits per heavy atom. The molecule has 0 aliphatic rings. The lowest BCUT2D eigenvalue weighted by Crippen LogP contribution is -2.35. The van der Waals surface area contributed by atoms with Crippen molar-refractivity contribution in [1.82, 2.24) is 0 Å². The van der Waals surface area contributed by atoms with Crippen molar-refractivity contribution in [3.8, 4) is 0 Å². The highest BCUT2D eigenvalue weighted by atomic mass is 16.1. The molecule has 2 N–H and O–H groups in total. The number of rotatable bonds is 4. The molecule has 1 aromatic carbocycles. The quantitative estimate of drug-likeness (QED) is 0.792. The summed E-state index contributed by atoms with van der Waals surface area (Å²) >= 11 is 0. The van der Waals surface area contributed by atoms with Gasteiger partial charge in [-0.1, -0.05) is 44.2 Å². The normalized spacial score (nSPS) is 14.8. The lowest BCUT2D eigenvalue weighted by atomic mass is 9.90. The van der Waals surface area contributed by atoms with Crippen LogP contribution in [0, 0.1) is 0 Å². The van der Waals surface area contributed by atoms with Gasteiger partial charge in [0.2, 0.25) is 0 Å². The molecule has 0 spiro atoms. The fraction of sp³-hybridized carbons (Fsp3) is 0.417. The van der Waals surface area contributed by atoms with E-state index in [0.717, 1.165) is 5.56 Å². The fourth-order valence-corrected chi connectivity index (χ4v) is 1.48. The average molecular weight is 191 g/mol. The molecule has 2 nitrogen and oxygen atoms in total. The second kappa shape index (κ2) is 4.91. The number of hydrogen-bond acceptors (Lipinski definition) is 2. The summed E-state index contributed by atoms with van der Waals surface area (Å²) in [5.74, 6) is 0.227. The first kappa shape index (κ1) is 10.9. The molecule has 0 aliphatic heterocycles. The van der Waals surface area contributed by atoms with E-state index in [1.807, 2.05) is 44.2 Å². The Morgan fingerprint density at radius 2 is 1.93 bits per heavy atom. The van der Waals surface area contributed by atoms with Crippen molar-refractivity contribution in [2.24, 2.45) is 5.73 Å². The van der Waals surface area contributed by atoms with Crippen LogP contribution in [0.15, 0.2) is 30.3 Å². The largest absolute Gasteiger partial charge is 0.321 e. The van der Waals surface area contributed by atoms with Crippen LogP contribution in [0.4, 0.5) is 0 Å². The average Bonchev–Trinajstić information content (AvgIpc) is 2.27. The summed E-state index contributed by atoms with van der Waals surface area (Å²) in [4.78, 5) is 11.4. The minimum atomic E-state index is -0.373. The number of hydrogen-bond donors (Lipinski definition) is 1. The van der Waals surface area contributed by atoms with Gasteiger partial charge in [0, 0.05) is 12.3 Å². The van der Waals surface area contributed by atoms with Gasteiger partial charge in [-0.15, -0.1) is 0 Å². The van der Waals surface area contributed by atoms with Crippen LogP contribution in [-0.4, -0.2) is 11.8 Å². The van der Waals surface area contributed by atoms with E-state index >= 15 is 0 Å². The third kappa shape index (κ3) is 2.42. The maximum atomic E-state index is 11.4. The van der Waals surface area contributed by atoms with Gasteiger partial charge in [-0.2, -0.15) is 0 Å². The number of benzene rings is 1. The monoisotopic (exact) mass is 191 g/mol. The van der Waals surface area contributed by atoms with Crippen LogP contribution >= 0.6 is 0 Å². The second-order valence-corrected chi connectivity index (χ2v) is 3.55. The third-order valence-electron chi connectivity index (χ3n) is 2.58. The molecule has 0 heterocycles. The van der Waals surface area contributed by atoms with Crippen LogP contribution in [0.25, 0.3) is 0 Å². The summed E-state index contributed by atoms with van der Waals surface area (Å²) in [6.07, 6.45) is 0.512.